The maximum Gasteiger partial charge on any atom is 0.0201 e. The summed E-state index contributed by atoms with van der Waals surface area (Å²) >= 11 is 5.34. The van der Waals surface area contributed by atoms with Gasteiger partial charge in [0.1, 0.15) is 0 Å². The fraction of sp³-hybridized carbons (Fsp3) is 0. The Balaban J connectivity index is 1.79. The molecule has 3 aromatic rings. The van der Waals surface area contributed by atoms with Crippen LogP contribution in [0.4, 0.5) is 0 Å². The molecule has 0 nitrogen and oxygen atoms in total. The Labute approximate surface area is 143 Å². The van der Waals surface area contributed by atoms with Crippen molar-refractivity contribution in [3.05, 3.63) is 82.3 Å². The van der Waals surface area contributed by atoms with Crippen LogP contribution in [0.25, 0.3) is 23.3 Å². The first kappa shape index (κ1) is 13.9. The van der Waals surface area contributed by atoms with Gasteiger partial charge in [-0.1, -0.05) is 82.3 Å². The number of fused-ring (bicyclic) bond motifs is 2. The molecule has 2 heteroatoms. The normalized spacial score (nSPS) is 12.4. The first-order valence-corrected chi connectivity index (χ1v) is 8.75. The highest BCUT2D eigenvalue weighted by Crippen LogP contribution is 2.39. The van der Waals surface area contributed by atoms with E-state index >= 15 is 0 Å². The van der Waals surface area contributed by atoms with Crippen LogP contribution in [0, 0.1) is 0 Å². The minimum atomic E-state index is 1.11. The summed E-state index contributed by atoms with van der Waals surface area (Å²) in [6.45, 7) is 0. The largest absolute Gasteiger partial charge is 0.0888 e. The average Bonchev–Trinajstić information content (AvgIpc) is 2.74. The minimum absolute atomic E-state index is 1.11. The second-order valence-corrected chi connectivity index (χ2v) is 7.23. The molecule has 1 heterocycles. The lowest BCUT2D eigenvalue weighted by Gasteiger charge is -2.09. The van der Waals surface area contributed by atoms with Gasteiger partial charge in [-0.3, -0.25) is 0 Å². The van der Waals surface area contributed by atoms with E-state index in [9.17, 15) is 0 Å². The van der Waals surface area contributed by atoms with Crippen LogP contribution in [0.3, 0.4) is 0 Å². The predicted molar refractivity (Wildman–Crippen MR) is 99.1 cm³/mol. The van der Waals surface area contributed by atoms with E-state index in [-0.39, 0.29) is 0 Å². The van der Waals surface area contributed by atoms with Gasteiger partial charge in [-0.2, -0.15) is 0 Å². The number of benzene rings is 3. The van der Waals surface area contributed by atoms with Crippen molar-refractivity contribution in [2.24, 2.45) is 0 Å². The first-order chi connectivity index (χ1) is 10.8. The topological polar surface area (TPSA) is 0 Å². The Kier molecular flexibility index (Phi) is 3.65. The lowest BCUT2D eigenvalue weighted by atomic mass is 10.0. The minimum Gasteiger partial charge on any atom is -0.0888 e. The van der Waals surface area contributed by atoms with Crippen molar-refractivity contribution < 1.29 is 0 Å². The zero-order valence-electron chi connectivity index (χ0n) is 11.8. The lowest BCUT2D eigenvalue weighted by Crippen LogP contribution is -1.83. The number of hydrogen-bond donors (Lipinski definition) is 0. The number of halogens is 1. The standard InChI is InChI=1S/C20H13BrS/c21-18-11-9-14(10-12-18)17-8-7-16-6-5-15-3-1-2-4-19(15)22-20(16)13-17/h1-13H. The summed E-state index contributed by atoms with van der Waals surface area (Å²) in [6, 6.07) is 23.7. The molecule has 1 aliphatic rings. The van der Waals surface area contributed by atoms with E-state index in [0.717, 1.165) is 4.47 Å². The fourth-order valence-corrected chi connectivity index (χ4v) is 3.93. The maximum atomic E-state index is 3.49. The Morgan fingerprint density at radius 3 is 2.14 bits per heavy atom. The van der Waals surface area contributed by atoms with Gasteiger partial charge in [0.25, 0.3) is 0 Å². The maximum absolute atomic E-state index is 3.49. The van der Waals surface area contributed by atoms with Crippen molar-refractivity contribution in [3.63, 3.8) is 0 Å². The third kappa shape index (κ3) is 2.65. The fourth-order valence-electron chi connectivity index (χ4n) is 2.59. The summed E-state index contributed by atoms with van der Waals surface area (Å²) in [5.74, 6) is 0. The molecule has 3 aromatic carbocycles. The van der Waals surface area contributed by atoms with Crippen LogP contribution in [-0.4, -0.2) is 0 Å². The quantitative estimate of drug-likeness (QED) is 0.359. The van der Waals surface area contributed by atoms with E-state index in [0.29, 0.717) is 0 Å². The molecule has 0 fully saturated rings. The summed E-state index contributed by atoms with van der Waals surface area (Å²) in [4.78, 5) is 2.62. The van der Waals surface area contributed by atoms with Crippen LogP contribution >= 0.6 is 27.7 Å². The number of hydrogen-bond acceptors (Lipinski definition) is 1. The summed E-state index contributed by atoms with van der Waals surface area (Å²) in [5.41, 5.74) is 5.07. The highest BCUT2D eigenvalue weighted by atomic mass is 79.9. The van der Waals surface area contributed by atoms with Gasteiger partial charge < -0.3 is 0 Å². The summed E-state index contributed by atoms with van der Waals surface area (Å²) in [7, 11) is 0. The van der Waals surface area contributed by atoms with Gasteiger partial charge in [-0.05, 0) is 46.5 Å². The molecule has 22 heavy (non-hydrogen) atoms. The molecule has 0 spiro atoms. The van der Waals surface area contributed by atoms with E-state index in [2.05, 4.69) is 94.8 Å². The van der Waals surface area contributed by atoms with Crippen LogP contribution in [0.2, 0.25) is 0 Å². The molecule has 0 amide bonds. The Morgan fingerprint density at radius 1 is 0.636 bits per heavy atom. The van der Waals surface area contributed by atoms with Gasteiger partial charge in [-0.15, -0.1) is 0 Å². The second-order valence-electron chi connectivity index (χ2n) is 5.23. The van der Waals surface area contributed by atoms with E-state index in [1.807, 2.05) is 11.8 Å². The van der Waals surface area contributed by atoms with Crippen molar-refractivity contribution in [3.8, 4) is 11.1 Å². The van der Waals surface area contributed by atoms with Gasteiger partial charge in [0, 0.05) is 14.3 Å². The molecule has 106 valence electrons. The second kappa shape index (κ2) is 5.79. The van der Waals surface area contributed by atoms with Gasteiger partial charge in [0.05, 0.1) is 0 Å². The van der Waals surface area contributed by atoms with Gasteiger partial charge in [0.15, 0.2) is 0 Å². The van der Waals surface area contributed by atoms with Gasteiger partial charge >= 0.3 is 0 Å². The smallest absolute Gasteiger partial charge is 0.0201 e. The highest BCUT2D eigenvalue weighted by Gasteiger charge is 2.10. The molecule has 4 rings (SSSR count). The van der Waals surface area contributed by atoms with E-state index in [1.165, 1.54) is 32.0 Å². The molecule has 0 N–H and O–H groups in total. The SMILES string of the molecule is Brc1ccc(-c2ccc3c(c2)Sc2ccccc2C=C3)cc1. The molecule has 0 unspecified atom stereocenters. The van der Waals surface area contributed by atoms with Crippen LogP contribution in [0.5, 0.6) is 0 Å². The summed E-state index contributed by atoms with van der Waals surface area (Å²) in [5, 5.41) is 0. The highest BCUT2D eigenvalue weighted by molar-refractivity contribution is 9.10. The van der Waals surface area contributed by atoms with Crippen molar-refractivity contribution in [1.29, 1.82) is 0 Å². The van der Waals surface area contributed by atoms with Crippen LogP contribution in [0.15, 0.2) is 81.0 Å². The summed E-state index contributed by atoms with van der Waals surface area (Å²) < 4.78 is 1.11. The lowest BCUT2D eigenvalue weighted by molar-refractivity contribution is 1.39. The molecule has 0 aliphatic carbocycles. The van der Waals surface area contributed by atoms with Crippen LogP contribution < -0.4 is 0 Å². The molecule has 0 atom stereocenters. The Hall–Kier alpha value is -1.77. The zero-order chi connectivity index (χ0) is 14.9. The van der Waals surface area contributed by atoms with Crippen LogP contribution in [-0.2, 0) is 0 Å². The third-order valence-corrected chi connectivity index (χ3v) is 5.47. The number of rotatable bonds is 1. The molecule has 1 aliphatic heterocycles. The van der Waals surface area contributed by atoms with Crippen molar-refractivity contribution >= 4 is 39.8 Å². The molecule has 0 aromatic heterocycles. The van der Waals surface area contributed by atoms with E-state index < -0.39 is 0 Å². The summed E-state index contributed by atoms with van der Waals surface area (Å²) in [6.07, 6.45) is 4.41. The molecule has 0 saturated heterocycles. The predicted octanol–water partition coefficient (Wildman–Crippen LogP) is 6.75. The van der Waals surface area contributed by atoms with Crippen molar-refractivity contribution in [1.82, 2.24) is 0 Å². The molecule has 0 saturated carbocycles. The molecule has 0 bridgehead atoms. The monoisotopic (exact) mass is 364 g/mol. The Morgan fingerprint density at radius 2 is 1.32 bits per heavy atom. The van der Waals surface area contributed by atoms with E-state index in [4.69, 9.17) is 0 Å². The Bertz CT molecular complexity index is 863. The average molecular weight is 365 g/mol. The van der Waals surface area contributed by atoms with Crippen LogP contribution in [0.1, 0.15) is 11.1 Å². The molecular weight excluding hydrogens is 352 g/mol. The van der Waals surface area contributed by atoms with Gasteiger partial charge in [0.2, 0.25) is 0 Å². The van der Waals surface area contributed by atoms with E-state index in [1.54, 1.807) is 0 Å². The zero-order valence-corrected chi connectivity index (χ0v) is 14.2. The molecule has 0 radical (unpaired) electrons. The third-order valence-electron chi connectivity index (χ3n) is 3.77. The van der Waals surface area contributed by atoms with Crippen molar-refractivity contribution in [2.75, 3.05) is 0 Å². The van der Waals surface area contributed by atoms with Crippen molar-refractivity contribution in [2.45, 2.75) is 9.79 Å². The first-order valence-electron chi connectivity index (χ1n) is 7.14. The molecular formula is C20H13BrS. The van der Waals surface area contributed by atoms with Gasteiger partial charge in [-0.25, -0.2) is 0 Å².